The first-order chi connectivity index (χ1) is 9.13. The van der Waals surface area contributed by atoms with Crippen LogP contribution in [0.3, 0.4) is 0 Å². The van der Waals surface area contributed by atoms with Gasteiger partial charge < -0.3 is 5.73 Å². The summed E-state index contributed by atoms with van der Waals surface area (Å²) in [5.41, 5.74) is 9.74. The SMILES string of the molecule is Cc1ccc(CC(C)N2Cc3cccc(N)c3C2)s1. The van der Waals surface area contributed by atoms with E-state index in [1.807, 2.05) is 17.4 Å². The monoisotopic (exact) mass is 272 g/mol. The van der Waals surface area contributed by atoms with Crippen molar-refractivity contribution in [1.82, 2.24) is 4.90 Å². The van der Waals surface area contributed by atoms with E-state index in [-0.39, 0.29) is 0 Å². The first-order valence-electron chi connectivity index (χ1n) is 6.79. The molecule has 1 aromatic carbocycles. The highest BCUT2D eigenvalue weighted by molar-refractivity contribution is 7.11. The highest BCUT2D eigenvalue weighted by Crippen LogP contribution is 2.30. The van der Waals surface area contributed by atoms with Crippen molar-refractivity contribution in [3.8, 4) is 0 Å². The number of rotatable bonds is 3. The normalized spacial score (nSPS) is 16.5. The molecular formula is C16H20N2S. The van der Waals surface area contributed by atoms with E-state index in [2.05, 4.69) is 43.0 Å². The van der Waals surface area contributed by atoms with Gasteiger partial charge in [-0.25, -0.2) is 0 Å². The van der Waals surface area contributed by atoms with Gasteiger partial charge in [0.05, 0.1) is 0 Å². The molecule has 3 rings (SSSR count). The lowest BCUT2D eigenvalue weighted by molar-refractivity contribution is 0.212. The molecule has 1 atom stereocenters. The highest BCUT2D eigenvalue weighted by Gasteiger charge is 2.24. The molecule has 0 saturated heterocycles. The third kappa shape index (κ3) is 2.53. The quantitative estimate of drug-likeness (QED) is 0.865. The molecule has 19 heavy (non-hydrogen) atoms. The molecule has 2 N–H and O–H groups in total. The van der Waals surface area contributed by atoms with Crippen molar-refractivity contribution in [2.24, 2.45) is 0 Å². The lowest BCUT2D eigenvalue weighted by Gasteiger charge is -2.23. The Bertz CT molecular complexity index is 588. The summed E-state index contributed by atoms with van der Waals surface area (Å²) in [7, 11) is 0. The Morgan fingerprint density at radius 3 is 2.79 bits per heavy atom. The molecular weight excluding hydrogens is 252 g/mol. The minimum absolute atomic E-state index is 0.560. The molecule has 0 amide bonds. The average Bonchev–Trinajstić information content (AvgIpc) is 2.96. The van der Waals surface area contributed by atoms with Gasteiger partial charge in [0.25, 0.3) is 0 Å². The third-order valence-electron chi connectivity index (χ3n) is 3.96. The van der Waals surface area contributed by atoms with E-state index in [0.717, 1.165) is 25.2 Å². The summed E-state index contributed by atoms with van der Waals surface area (Å²) >= 11 is 1.91. The van der Waals surface area contributed by atoms with Crippen molar-refractivity contribution in [1.29, 1.82) is 0 Å². The maximum atomic E-state index is 6.07. The second-order valence-corrected chi connectivity index (χ2v) is 6.83. The first kappa shape index (κ1) is 12.7. The molecule has 1 aromatic heterocycles. The van der Waals surface area contributed by atoms with Crippen LogP contribution in [0.25, 0.3) is 0 Å². The van der Waals surface area contributed by atoms with Crippen LogP contribution in [0.5, 0.6) is 0 Å². The van der Waals surface area contributed by atoms with Crippen LogP contribution in [0.4, 0.5) is 5.69 Å². The van der Waals surface area contributed by atoms with Gasteiger partial charge in [0.15, 0.2) is 0 Å². The number of aryl methyl sites for hydroxylation is 1. The Morgan fingerprint density at radius 2 is 2.11 bits per heavy atom. The second kappa shape index (κ2) is 4.99. The zero-order chi connectivity index (χ0) is 13.4. The van der Waals surface area contributed by atoms with E-state index in [1.165, 1.54) is 20.9 Å². The van der Waals surface area contributed by atoms with Gasteiger partial charge >= 0.3 is 0 Å². The Morgan fingerprint density at radius 1 is 1.26 bits per heavy atom. The number of hydrogen-bond acceptors (Lipinski definition) is 3. The summed E-state index contributed by atoms with van der Waals surface area (Å²) < 4.78 is 0. The van der Waals surface area contributed by atoms with Gasteiger partial charge in [0, 0.05) is 34.6 Å². The molecule has 0 saturated carbocycles. The fraction of sp³-hybridized carbons (Fsp3) is 0.375. The predicted octanol–water partition coefficient (Wildman–Crippen LogP) is 3.59. The number of nitrogens with two attached hydrogens (primary N) is 1. The van der Waals surface area contributed by atoms with Crippen LogP contribution in [0.1, 0.15) is 27.8 Å². The number of fused-ring (bicyclic) bond motifs is 1. The van der Waals surface area contributed by atoms with Crippen molar-refractivity contribution in [3.63, 3.8) is 0 Å². The van der Waals surface area contributed by atoms with Crippen LogP contribution in [0.2, 0.25) is 0 Å². The van der Waals surface area contributed by atoms with Crippen molar-refractivity contribution < 1.29 is 0 Å². The molecule has 100 valence electrons. The molecule has 1 aliphatic heterocycles. The number of hydrogen-bond donors (Lipinski definition) is 1. The van der Waals surface area contributed by atoms with Crippen LogP contribution in [-0.4, -0.2) is 10.9 Å². The van der Waals surface area contributed by atoms with Crippen LogP contribution in [0.15, 0.2) is 30.3 Å². The molecule has 1 aliphatic rings. The van der Waals surface area contributed by atoms with E-state index in [0.29, 0.717) is 6.04 Å². The molecule has 0 bridgehead atoms. The predicted molar refractivity (Wildman–Crippen MR) is 82.3 cm³/mol. The molecule has 2 nitrogen and oxygen atoms in total. The van der Waals surface area contributed by atoms with Crippen molar-refractivity contribution in [2.75, 3.05) is 5.73 Å². The molecule has 2 aromatic rings. The second-order valence-electron chi connectivity index (χ2n) is 5.46. The zero-order valence-electron chi connectivity index (χ0n) is 11.5. The lowest BCUT2D eigenvalue weighted by atomic mass is 10.1. The van der Waals surface area contributed by atoms with Gasteiger partial charge in [0.1, 0.15) is 0 Å². The third-order valence-corrected chi connectivity index (χ3v) is 4.98. The summed E-state index contributed by atoms with van der Waals surface area (Å²) in [6.45, 7) is 6.52. The molecule has 0 radical (unpaired) electrons. The molecule has 1 unspecified atom stereocenters. The fourth-order valence-corrected chi connectivity index (χ4v) is 3.81. The molecule has 2 heterocycles. The Kier molecular flexibility index (Phi) is 3.33. The van der Waals surface area contributed by atoms with Crippen LogP contribution < -0.4 is 5.73 Å². The molecule has 0 aliphatic carbocycles. The van der Waals surface area contributed by atoms with E-state index in [9.17, 15) is 0 Å². The number of thiophene rings is 1. The summed E-state index contributed by atoms with van der Waals surface area (Å²) in [6.07, 6.45) is 1.13. The summed E-state index contributed by atoms with van der Waals surface area (Å²) in [6, 6.07) is 11.3. The smallest absolute Gasteiger partial charge is 0.0363 e. The van der Waals surface area contributed by atoms with E-state index >= 15 is 0 Å². The minimum Gasteiger partial charge on any atom is -0.398 e. The summed E-state index contributed by atoms with van der Waals surface area (Å²) in [5.74, 6) is 0. The number of nitrogen functional groups attached to an aromatic ring is 1. The van der Waals surface area contributed by atoms with Crippen LogP contribution >= 0.6 is 11.3 Å². The average molecular weight is 272 g/mol. The van der Waals surface area contributed by atoms with Gasteiger partial charge in [-0.05, 0) is 49.6 Å². The van der Waals surface area contributed by atoms with Gasteiger partial charge in [-0.15, -0.1) is 11.3 Å². The lowest BCUT2D eigenvalue weighted by Crippen LogP contribution is -2.29. The minimum atomic E-state index is 0.560. The number of benzene rings is 1. The van der Waals surface area contributed by atoms with Crippen LogP contribution in [0, 0.1) is 6.92 Å². The number of anilines is 1. The standard InChI is InChI=1S/C16H20N2S/c1-11(8-14-7-6-12(2)19-14)18-9-13-4-3-5-16(17)15(13)10-18/h3-7,11H,8-10,17H2,1-2H3. The van der Waals surface area contributed by atoms with E-state index < -0.39 is 0 Å². The van der Waals surface area contributed by atoms with Gasteiger partial charge in [-0.3, -0.25) is 4.90 Å². The largest absolute Gasteiger partial charge is 0.398 e. The van der Waals surface area contributed by atoms with Crippen molar-refractivity contribution >= 4 is 17.0 Å². The molecule has 0 spiro atoms. The van der Waals surface area contributed by atoms with E-state index in [4.69, 9.17) is 5.73 Å². The zero-order valence-corrected chi connectivity index (χ0v) is 12.3. The first-order valence-corrected chi connectivity index (χ1v) is 7.61. The Labute approximate surface area is 118 Å². The summed E-state index contributed by atoms with van der Waals surface area (Å²) in [4.78, 5) is 5.40. The fourth-order valence-electron chi connectivity index (χ4n) is 2.80. The van der Waals surface area contributed by atoms with E-state index in [1.54, 1.807) is 0 Å². The Hall–Kier alpha value is -1.32. The highest BCUT2D eigenvalue weighted by atomic mass is 32.1. The summed E-state index contributed by atoms with van der Waals surface area (Å²) in [5, 5.41) is 0. The van der Waals surface area contributed by atoms with Gasteiger partial charge in [-0.2, -0.15) is 0 Å². The molecule has 3 heteroatoms. The van der Waals surface area contributed by atoms with Gasteiger partial charge in [0.2, 0.25) is 0 Å². The molecule has 0 fully saturated rings. The van der Waals surface area contributed by atoms with Crippen LogP contribution in [-0.2, 0) is 19.5 Å². The number of nitrogens with zero attached hydrogens (tertiary/aromatic N) is 1. The maximum absolute atomic E-state index is 6.07. The van der Waals surface area contributed by atoms with Gasteiger partial charge in [-0.1, -0.05) is 12.1 Å². The Balaban J connectivity index is 1.70. The van der Waals surface area contributed by atoms with Crippen molar-refractivity contribution in [3.05, 3.63) is 51.2 Å². The van der Waals surface area contributed by atoms with Crippen molar-refractivity contribution in [2.45, 2.75) is 39.4 Å². The topological polar surface area (TPSA) is 29.3 Å². The maximum Gasteiger partial charge on any atom is 0.0363 e.